The van der Waals surface area contributed by atoms with E-state index in [-0.39, 0.29) is 5.92 Å². The van der Waals surface area contributed by atoms with Crippen LogP contribution in [0.2, 0.25) is 0 Å². The zero-order valence-corrected chi connectivity index (χ0v) is 10.2. The smallest absolute Gasteiger partial charge is 0.149 e. The average molecular weight is 213 g/mol. The summed E-state index contributed by atoms with van der Waals surface area (Å²) in [5, 5.41) is 0. The number of ketones is 1. The number of piperidine rings is 1. The first kappa shape index (κ1) is 12.7. The van der Waals surface area contributed by atoms with Crippen molar-refractivity contribution in [2.45, 2.75) is 39.2 Å². The van der Waals surface area contributed by atoms with Gasteiger partial charge in [-0.3, -0.25) is 9.69 Å². The van der Waals surface area contributed by atoms with E-state index in [1.807, 2.05) is 6.92 Å². The molecule has 1 heterocycles. The summed E-state index contributed by atoms with van der Waals surface area (Å²) < 4.78 is 5.34. The third-order valence-corrected chi connectivity index (χ3v) is 3.34. The number of hydrogen-bond donors (Lipinski definition) is 0. The molecule has 0 amide bonds. The molecule has 0 spiro atoms. The molecule has 1 aliphatic heterocycles. The number of hydrogen-bond acceptors (Lipinski definition) is 3. The van der Waals surface area contributed by atoms with Crippen LogP contribution in [-0.4, -0.2) is 43.5 Å². The quantitative estimate of drug-likeness (QED) is 0.696. The number of carbonyl (C=O) groups excluding carboxylic acids is 1. The topological polar surface area (TPSA) is 29.5 Å². The highest BCUT2D eigenvalue weighted by molar-refractivity contribution is 5.82. The van der Waals surface area contributed by atoms with Gasteiger partial charge in [0.05, 0.1) is 12.6 Å². The first-order valence-electron chi connectivity index (χ1n) is 5.95. The van der Waals surface area contributed by atoms with E-state index in [4.69, 9.17) is 4.74 Å². The van der Waals surface area contributed by atoms with Gasteiger partial charge in [0.1, 0.15) is 5.78 Å². The second-order valence-corrected chi connectivity index (χ2v) is 4.51. The van der Waals surface area contributed by atoms with E-state index in [0.29, 0.717) is 18.4 Å². The summed E-state index contributed by atoms with van der Waals surface area (Å²) in [6, 6.07) is 0. The number of methoxy groups -OCH3 is 1. The Morgan fingerprint density at radius 3 is 2.93 bits per heavy atom. The predicted octanol–water partition coefficient (Wildman–Crippen LogP) is 1.71. The summed E-state index contributed by atoms with van der Waals surface area (Å²) in [5.41, 5.74) is 0. The van der Waals surface area contributed by atoms with Crippen LogP contribution in [0.15, 0.2) is 0 Å². The Labute approximate surface area is 92.8 Å². The van der Waals surface area contributed by atoms with Crippen molar-refractivity contribution in [2.24, 2.45) is 5.92 Å². The highest BCUT2D eigenvalue weighted by Gasteiger charge is 2.22. The molecule has 0 aromatic heterocycles. The van der Waals surface area contributed by atoms with Gasteiger partial charge in [-0.2, -0.15) is 0 Å². The molecule has 88 valence electrons. The van der Waals surface area contributed by atoms with E-state index in [0.717, 1.165) is 32.4 Å². The summed E-state index contributed by atoms with van der Waals surface area (Å²) >= 11 is 0. The number of carbonyl (C=O) groups is 1. The molecular formula is C12H23NO2. The van der Waals surface area contributed by atoms with Crippen molar-refractivity contribution in [1.82, 2.24) is 4.90 Å². The van der Waals surface area contributed by atoms with E-state index < -0.39 is 0 Å². The minimum absolute atomic E-state index is 0.202. The van der Waals surface area contributed by atoms with Gasteiger partial charge in [-0.15, -0.1) is 0 Å². The van der Waals surface area contributed by atoms with E-state index in [2.05, 4.69) is 11.8 Å². The second kappa shape index (κ2) is 6.23. The number of Topliss-reactive ketones (excluding diaryl/α,β-unsaturated/α-hetero) is 1. The molecule has 15 heavy (non-hydrogen) atoms. The molecule has 1 rings (SSSR count). The Balaban J connectivity index is 2.34. The van der Waals surface area contributed by atoms with Gasteiger partial charge < -0.3 is 4.74 Å². The van der Waals surface area contributed by atoms with Crippen molar-refractivity contribution in [2.75, 3.05) is 26.7 Å². The number of ether oxygens (including phenoxy) is 1. The monoisotopic (exact) mass is 213 g/mol. The lowest BCUT2D eigenvalue weighted by Crippen LogP contribution is -2.42. The molecule has 2 atom stereocenters. The van der Waals surface area contributed by atoms with E-state index >= 15 is 0 Å². The van der Waals surface area contributed by atoms with Crippen LogP contribution in [0.3, 0.4) is 0 Å². The third-order valence-electron chi connectivity index (χ3n) is 3.34. The Morgan fingerprint density at radius 2 is 2.33 bits per heavy atom. The lowest BCUT2D eigenvalue weighted by molar-refractivity contribution is -0.124. The van der Waals surface area contributed by atoms with Crippen molar-refractivity contribution in [1.29, 1.82) is 0 Å². The summed E-state index contributed by atoms with van der Waals surface area (Å²) in [4.78, 5) is 14.0. The highest BCUT2D eigenvalue weighted by atomic mass is 16.5. The molecule has 1 saturated heterocycles. The summed E-state index contributed by atoms with van der Waals surface area (Å²) in [6.07, 6.45) is 3.54. The molecule has 0 aromatic carbocycles. The maximum Gasteiger partial charge on any atom is 0.149 e. The van der Waals surface area contributed by atoms with Crippen molar-refractivity contribution in [3.05, 3.63) is 0 Å². The zero-order chi connectivity index (χ0) is 11.3. The van der Waals surface area contributed by atoms with Crippen LogP contribution in [0.25, 0.3) is 0 Å². The van der Waals surface area contributed by atoms with Gasteiger partial charge in [-0.25, -0.2) is 0 Å². The average Bonchev–Trinajstić information content (AvgIpc) is 2.28. The van der Waals surface area contributed by atoms with Crippen molar-refractivity contribution >= 4 is 5.78 Å². The maximum absolute atomic E-state index is 11.8. The number of nitrogens with zero attached hydrogens (tertiary/aromatic N) is 1. The highest BCUT2D eigenvalue weighted by Crippen LogP contribution is 2.13. The van der Waals surface area contributed by atoms with Crippen molar-refractivity contribution in [3.63, 3.8) is 0 Å². The summed E-state index contributed by atoms with van der Waals surface area (Å²) in [6.45, 7) is 6.65. The minimum atomic E-state index is 0.202. The minimum Gasteiger partial charge on any atom is -0.380 e. The van der Waals surface area contributed by atoms with E-state index in [9.17, 15) is 4.79 Å². The van der Waals surface area contributed by atoms with Crippen LogP contribution >= 0.6 is 0 Å². The molecule has 3 nitrogen and oxygen atoms in total. The van der Waals surface area contributed by atoms with Gasteiger partial charge >= 0.3 is 0 Å². The Kier molecular flexibility index (Phi) is 5.26. The predicted molar refractivity (Wildman–Crippen MR) is 60.9 cm³/mol. The summed E-state index contributed by atoms with van der Waals surface area (Å²) in [5.74, 6) is 0.571. The van der Waals surface area contributed by atoms with Crippen LogP contribution in [0, 0.1) is 5.92 Å². The standard InChI is InChI=1S/C12H23NO2/c1-4-10(2)12(14)9-13-7-5-6-11(8-13)15-3/h10-11H,4-9H2,1-3H3. The van der Waals surface area contributed by atoms with Crippen molar-refractivity contribution < 1.29 is 9.53 Å². The third kappa shape index (κ3) is 3.92. The molecule has 3 heteroatoms. The molecule has 0 aromatic rings. The maximum atomic E-state index is 11.8. The fourth-order valence-corrected chi connectivity index (χ4v) is 1.95. The molecule has 0 aliphatic carbocycles. The largest absolute Gasteiger partial charge is 0.380 e. The van der Waals surface area contributed by atoms with Gasteiger partial charge in [0.15, 0.2) is 0 Å². The summed E-state index contributed by atoms with van der Waals surface area (Å²) in [7, 11) is 1.75. The van der Waals surface area contributed by atoms with Gasteiger partial charge in [0.2, 0.25) is 0 Å². The van der Waals surface area contributed by atoms with Crippen LogP contribution in [0.5, 0.6) is 0 Å². The van der Waals surface area contributed by atoms with Gasteiger partial charge in [-0.1, -0.05) is 13.8 Å². The molecule has 2 unspecified atom stereocenters. The molecule has 1 aliphatic rings. The molecule has 0 bridgehead atoms. The van der Waals surface area contributed by atoms with Gasteiger partial charge in [0.25, 0.3) is 0 Å². The van der Waals surface area contributed by atoms with E-state index in [1.54, 1.807) is 7.11 Å². The lowest BCUT2D eigenvalue weighted by atomic mass is 10.0. The van der Waals surface area contributed by atoms with Gasteiger partial charge in [0, 0.05) is 19.6 Å². The lowest BCUT2D eigenvalue weighted by Gasteiger charge is -2.31. The fourth-order valence-electron chi connectivity index (χ4n) is 1.95. The Hall–Kier alpha value is -0.410. The number of rotatable bonds is 5. The fraction of sp³-hybridized carbons (Fsp3) is 0.917. The first-order valence-corrected chi connectivity index (χ1v) is 5.95. The molecule has 1 fully saturated rings. The van der Waals surface area contributed by atoms with Crippen LogP contribution < -0.4 is 0 Å². The van der Waals surface area contributed by atoms with Crippen LogP contribution in [-0.2, 0) is 9.53 Å². The Morgan fingerprint density at radius 1 is 1.60 bits per heavy atom. The van der Waals surface area contributed by atoms with Crippen molar-refractivity contribution in [3.8, 4) is 0 Å². The second-order valence-electron chi connectivity index (χ2n) is 4.51. The van der Waals surface area contributed by atoms with E-state index in [1.165, 1.54) is 0 Å². The molecular weight excluding hydrogens is 190 g/mol. The van der Waals surface area contributed by atoms with Crippen LogP contribution in [0.4, 0.5) is 0 Å². The van der Waals surface area contributed by atoms with Gasteiger partial charge in [-0.05, 0) is 25.8 Å². The van der Waals surface area contributed by atoms with Crippen LogP contribution in [0.1, 0.15) is 33.1 Å². The number of likely N-dealkylation sites (tertiary alicyclic amines) is 1. The molecule has 0 saturated carbocycles. The Bertz CT molecular complexity index is 206. The molecule has 0 N–H and O–H groups in total. The molecule has 0 radical (unpaired) electrons. The first-order chi connectivity index (χ1) is 7.17. The SMILES string of the molecule is CCC(C)C(=O)CN1CCCC(OC)C1. The zero-order valence-electron chi connectivity index (χ0n) is 10.2. The normalized spacial score (nSPS) is 25.1.